The topological polar surface area (TPSA) is 85.4 Å². The first-order chi connectivity index (χ1) is 11.9. The molecule has 2 aromatic rings. The van der Waals surface area contributed by atoms with Crippen LogP contribution in [-0.2, 0) is 26.0 Å². The minimum absolute atomic E-state index is 0.00364. The van der Waals surface area contributed by atoms with Gasteiger partial charge in [-0.25, -0.2) is 13.4 Å². The maximum atomic E-state index is 12.6. The molecule has 2 rings (SSSR count). The van der Waals surface area contributed by atoms with Gasteiger partial charge in [0, 0.05) is 9.85 Å². The largest absolute Gasteiger partial charge is 0.466 e. The van der Waals surface area contributed by atoms with Crippen LogP contribution in [0.2, 0.25) is 0 Å². The van der Waals surface area contributed by atoms with E-state index in [1.807, 2.05) is 0 Å². The van der Waals surface area contributed by atoms with E-state index in [1.165, 1.54) is 6.08 Å². The Balaban J connectivity index is 2.14. The van der Waals surface area contributed by atoms with Crippen molar-refractivity contribution in [1.82, 2.24) is 4.98 Å². The molecule has 1 aromatic carbocycles. The number of nitrogens with zero attached hydrogens (tertiary/aromatic N) is 1. The van der Waals surface area contributed by atoms with E-state index in [1.54, 1.807) is 36.6 Å². The molecule has 1 atom stereocenters. The normalized spacial score (nSPS) is 12.4. The van der Waals surface area contributed by atoms with Crippen LogP contribution in [0, 0.1) is 0 Å². The highest BCUT2D eigenvalue weighted by molar-refractivity contribution is 9.10. The third-order valence-electron chi connectivity index (χ3n) is 3.16. The number of rotatable bonds is 8. The Morgan fingerprint density at radius 3 is 2.72 bits per heavy atom. The second-order valence-electron chi connectivity index (χ2n) is 4.98. The molecule has 9 heteroatoms. The van der Waals surface area contributed by atoms with E-state index < -0.39 is 21.2 Å². The molecule has 6 nitrogen and oxygen atoms in total. The van der Waals surface area contributed by atoms with Crippen molar-refractivity contribution in [2.24, 2.45) is 0 Å². The van der Waals surface area contributed by atoms with Gasteiger partial charge in [-0.15, -0.1) is 17.9 Å². The van der Waals surface area contributed by atoms with Crippen LogP contribution >= 0.6 is 27.3 Å². The van der Waals surface area contributed by atoms with Crippen LogP contribution in [-0.4, -0.2) is 26.0 Å². The summed E-state index contributed by atoms with van der Waals surface area (Å²) in [6, 6.07) is 6.96. The molecule has 0 aliphatic rings. The van der Waals surface area contributed by atoms with E-state index in [9.17, 15) is 13.2 Å². The summed E-state index contributed by atoms with van der Waals surface area (Å²) in [7, 11) is -3.77. The summed E-state index contributed by atoms with van der Waals surface area (Å²) in [6.45, 7) is 5.63. The van der Waals surface area contributed by atoms with Gasteiger partial charge < -0.3 is 4.74 Å². The Morgan fingerprint density at radius 2 is 2.12 bits per heavy atom. The van der Waals surface area contributed by atoms with Crippen molar-refractivity contribution in [2.45, 2.75) is 18.6 Å². The number of hydrogen-bond acceptors (Lipinski definition) is 6. The Hall–Kier alpha value is -1.71. The number of nitrogens with one attached hydrogen (secondary N) is 1. The van der Waals surface area contributed by atoms with Crippen molar-refractivity contribution in [1.29, 1.82) is 0 Å². The summed E-state index contributed by atoms with van der Waals surface area (Å²) in [6.07, 6.45) is 1.36. The fraction of sp³-hybridized carbons (Fsp3) is 0.250. The molecule has 0 spiro atoms. The van der Waals surface area contributed by atoms with E-state index in [2.05, 4.69) is 32.2 Å². The van der Waals surface area contributed by atoms with Crippen LogP contribution in [0.1, 0.15) is 23.4 Å². The summed E-state index contributed by atoms with van der Waals surface area (Å²) in [5.41, 5.74) is 1.05. The number of halogens is 1. The minimum atomic E-state index is -3.77. The highest BCUT2D eigenvalue weighted by atomic mass is 79.9. The average Bonchev–Trinajstić information content (AvgIpc) is 2.96. The van der Waals surface area contributed by atoms with Gasteiger partial charge >= 0.3 is 5.97 Å². The fourth-order valence-corrected chi connectivity index (χ4v) is 4.62. The van der Waals surface area contributed by atoms with E-state index in [4.69, 9.17) is 4.74 Å². The number of benzene rings is 1. The van der Waals surface area contributed by atoms with Crippen molar-refractivity contribution >= 4 is 48.4 Å². The molecule has 0 radical (unpaired) electrons. The zero-order valence-corrected chi connectivity index (χ0v) is 16.7. The maximum absolute atomic E-state index is 12.6. The van der Waals surface area contributed by atoms with Gasteiger partial charge in [0.15, 0.2) is 5.13 Å². The second-order valence-corrected chi connectivity index (χ2v) is 8.56. The molecule has 0 fully saturated rings. The molecule has 1 N–H and O–H groups in total. The van der Waals surface area contributed by atoms with Crippen LogP contribution in [0.25, 0.3) is 0 Å². The summed E-state index contributed by atoms with van der Waals surface area (Å²) in [5.74, 6) is -0.402. The van der Waals surface area contributed by atoms with E-state index >= 15 is 0 Å². The van der Waals surface area contributed by atoms with Gasteiger partial charge in [-0.3, -0.25) is 9.52 Å². The molecule has 0 aliphatic carbocycles. The first kappa shape index (κ1) is 19.6. The number of esters is 1. The summed E-state index contributed by atoms with van der Waals surface area (Å²) in [4.78, 5) is 15.6. The predicted octanol–water partition coefficient (Wildman–Crippen LogP) is 3.68. The highest BCUT2D eigenvalue weighted by Crippen LogP contribution is 2.28. The molecular weight excluding hydrogens is 428 g/mol. The quantitative estimate of drug-likeness (QED) is 0.495. The number of aromatic nitrogens is 1. The monoisotopic (exact) mass is 444 g/mol. The molecule has 1 unspecified atom stereocenters. The van der Waals surface area contributed by atoms with Crippen molar-refractivity contribution in [2.75, 3.05) is 11.3 Å². The zero-order valence-electron chi connectivity index (χ0n) is 13.4. The molecule has 134 valence electrons. The third-order valence-corrected chi connectivity index (χ3v) is 6.23. The van der Waals surface area contributed by atoms with Gasteiger partial charge in [0.05, 0.1) is 18.7 Å². The Morgan fingerprint density at radius 1 is 1.44 bits per heavy atom. The molecule has 0 bridgehead atoms. The van der Waals surface area contributed by atoms with Crippen molar-refractivity contribution in [3.05, 3.63) is 58.0 Å². The smallest absolute Gasteiger partial charge is 0.311 e. The molecule has 0 aliphatic heterocycles. The van der Waals surface area contributed by atoms with Gasteiger partial charge in [0.2, 0.25) is 10.0 Å². The third kappa shape index (κ3) is 5.38. The number of carbonyl (C=O) groups is 1. The van der Waals surface area contributed by atoms with Gasteiger partial charge in [0.1, 0.15) is 5.25 Å². The first-order valence-corrected chi connectivity index (χ1v) is 10.6. The second kappa shape index (κ2) is 8.59. The maximum Gasteiger partial charge on any atom is 0.311 e. The molecule has 25 heavy (non-hydrogen) atoms. The number of anilines is 1. The van der Waals surface area contributed by atoms with Crippen LogP contribution in [0.4, 0.5) is 5.13 Å². The number of ether oxygens (including phenoxy) is 1. The Labute approximate surface area is 159 Å². The van der Waals surface area contributed by atoms with E-state index in [-0.39, 0.29) is 18.2 Å². The average molecular weight is 445 g/mol. The summed E-state index contributed by atoms with van der Waals surface area (Å²) in [5, 5.41) is 0.901. The van der Waals surface area contributed by atoms with E-state index in [0.29, 0.717) is 11.3 Å². The molecule has 0 amide bonds. The summed E-state index contributed by atoms with van der Waals surface area (Å²) < 4.78 is 33.4. The lowest BCUT2D eigenvalue weighted by atomic mass is 10.1. The van der Waals surface area contributed by atoms with Gasteiger partial charge in [-0.2, -0.15) is 0 Å². The lowest BCUT2D eigenvalue weighted by molar-refractivity contribution is -0.142. The lowest BCUT2D eigenvalue weighted by Gasteiger charge is -2.14. The lowest BCUT2D eigenvalue weighted by Crippen LogP contribution is -2.20. The Bertz CT molecular complexity index is 847. The molecular formula is C16H17BrN2O4S2. The van der Waals surface area contributed by atoms with Crippen LogP contribution in [0.3, 0.4) is 0 Å². The zero-order chi connectivity index (χ0) is 18.4. The molecule has 0 saturated heterocycles. The van der Waals surface area contributed by atoms with Crippen LogP contribution in [0.5, 0.6) is 0 Å². The standard InChI is InChI=1S/C16H17BrN2O4S2/c1-3-14(11-5-7-12(17)8-6-11)25(21,22)19-16-18-13(10-24-16)9-15(20)23-4-2/h3,5-8,10,14H,1,4,9H2,2H3,(H,18,19). The number of carbonyl (C=O) groups excluding carboxylic acids is 1. The molecule has 1 aromatic heterocycles. The molecule has 0 saturated carbocycles. The van der Waals surface area contributed by atoms with Gasteiger partial charge in [-0.05, 0) is 24.6 Å². The number of hydrogen-bond donors (Lipinski definition) is 1. The van der Waals surface area contributed by atoms with Crippen molar-refractivity contribution in [3.63, 3.8) is 0 Å². The van der Waals surface area contributed by atoms with E-state index in [0.717, 1.165) is 15.8 Å². The summed E-state index contributed by atoms with van der Waals surface area (Å²) >= 11 is 4.43. The number of thiazole rings is 1. The van der Waals surface area contributed by atoms with Gasteiger partial charge in [-0.1, -0.05) is 34.1 Å². The SMILES string of the molecule is C=CC(c1ccc(Br)cc1)S(=O)(=O)Nc1nc(CC(=O)OCC)cs1. The van der Waals surface area contributed by atoms with Crippen molar-refractivity contribution < 1.29 is 17.9 Å². The van der Waals surface area contributed by atoms with Crippen molar-refractivity contribution in [3.8, 4) is 0 Å². The van der Waals surface area contributed by atoms with Gasteiger partial charge in [0.25, 0.3) is 0 Å². The predicted molar refractivity (Wildman–Crippen MR) is 102 cm³/mol. The minimum Gasteiger partial charge on any atom is -0.466 e. The van der Waals surface area contributed by atoms with Crippen LogP contribution in [0.15, 0.2) is 46.8 Å². The highest BCUT2D eigenvalue weighted by Gasteiger charge is 2.25. The number of sulfonamides is 1. The Kier molecular flexibility index (Phi) is 6.74. The fourth-order valence-electron chi connectivity index (χ4n) is 2.07. The molecule has 1 heterocycles. The van der Waals surface area contributed by atoms with Crippen LogP contribution < -0.4 is 4.72 Å². The first-order valence-electron chi connectivity index (χ1n) is 7.35.